The smallest absolute Gasteiger partial charge is 0.280 e. The summed E-state index contributed by atoms with van der Waals surface area (Å²) in [5.41, 5.74) is 3.05. The van der Waals surface area contributed by atoms with E-state index in [4.69, 9.17) is 27.9 Å². The highest BCUT2D eigenvalue weighted by molar-refractivity contribution is 6.43. The molecule has 3 aromatic carbocycles. The van der Waals surface area contributed by atoms with Crippen molar-refractivity contribution in [2.24, 2.45) is 5.10 Å². The molecule has 6 heteroatoms. The molecule has 0 radical (unpaired) electrons. The second-order valence-electron chi connectivity index (χ2n) is 5.65. The van der Waals surface area contributed by atoms with E-state index >= 15 is 0 Å². The van der Waals surface area contributed by atoms with E-state index < -0.39 is 6.10 Å². The number of nitrogens with zero attached hydrogens (tertiary/aromatic N) is 1. The van der Waals surface area contributed by atoms with E-state index in [1.807, 2.05) is 42.5 Å². The Hall–Kier alpha value is -2.56. The molecular weight excluding hydrogens is 371 g/mol. The van der Waals surface area contributed by atoms with Crippen LogP contribution in [-0.4, -0.2) is 18.2 Å². The normalized spacial score (nSPS) is 12.3. The molecule has 0 saturated heterocycles. The molecule has 4 nitrogen and oxygen atoms in total. The molecular formula is C20H16Cl2N2O2. The number of nitrogens with one attached hydrogen (secondary N) is 1. The van der Waals surface area contributed by atoms with E-state index in [9.17, 15) is 4.79 Å². The van der Waals surface area contributed by atoms with Crippen LogP contribution in [0.1, 0.15) is 12.5 Å². The van der Waals surface area contributed by atoms with Gasteiger partial charge in [-0.2, -0.15) is 5.10 Å². The number of hydrazone groups is 1. The van der Waals surface area contributed by atoms with Crippen LogP contribution in [0.2, 0.25) is 10.0 Å². The van der Waals surface area contributed by atoms with Crippen molar-refractivity contribution in [2.75, 3.05) is 0 Å². The highest BCUT2D eigenvalue weighted by atomic mass is 35.5. The van der Waals surface area contributed by atoms with Crippen molar-refractivity contribution >= 4 is 46.1 Å². The molecule has 0 aliphatic rings. The summed E-state index contributed by atoms with van der Waals surface area (Å²) in [5, 5.41) is 6.87. The molecule has 1 amide bonds. The van der Waals surface area contributed by atoms with Crippen molar-refractivity contribution < 1.29 is 9.53 Å². The van der Waals surface area contributed by atoms with Crippen LogP contribution >= 0.6 is 23.2 Å². The quantitative estimate of drug-likeness (QED) is 0.491. The monoisotopic (exact) mass is 386 g/mol. The molecule has 0 fully saturated rings. The van der Waals surface area contributed by atoms with Crippen LogP contribution in [0.3, 0.4) is 0 Å². The number of rotatable bonds is 5. The SMILES string of the molecule is C[C@H](Oc1ccc2ccccc2c1)C(=O)N/N=C\c1cccc(Cl)c1Cl. The Bertz CT molecular complexity index is 973. The molecule has 26 heavy (non-hydrogen) atoms. The van der Waals surface area contributed by atoms with Crippen LogP contribution in [0, 0.1) is 0 Å². The third-order valence-corrected chi connectivity index (χ3v) is 4.60. The lowest BCUT2D eigenvalue weighted by molar-refractivity contribution is -0.127. The maximum atomic E-state index is 12.1. The van der Waals surface area contributed by atoms with Crippen LogP contribution in [0.25, 0.3) is 10.8 Å². The van der Waals surface area contributed by atoms with Gasteiger partial charge in [0, 0.05) is 5.56 Å². The minimum atomic E-state index is -0.705. The first-order chi connectivity index (χ1) is 12.5. The van der Waals surface area contributed by atoms with E-state index in [0.29, 0.717) is 21.4 Å². The number of benzene rings is 3. The number of hydrogen-bond acceptors (Lipinski definition) is 3. The molecule has 0 bridgehead atoms. The molecule has 0 heterocycles. The van der Waals surface area contributed by atoms with Gasteiger partial charge in [-0.25, -0.2) is 5.43 Å². The Morgan fingerprint density at radius 3 is 2.65 bits per heavy atom. The number of carbonyl (C=O) groups excluding carboxylic acids is 1. The fourth-order valence-electron chi connectivity index (χ4n) is 2.37. The number of ether oxygens (including phenoxy) is 1. The summed E-state index contributed by atoms with van der Waals surface area (Å²) >= 11 is 12.0. The van der Waals surface area contributed by atoms with Gasteiger partial charge >= 0.3 is 0 Å². The van der Waals surface area contributed by atoms with E-state index in [-0.39, 0.29) is 5.91 Å². The number of halogens is 2. The van der Waals surface area contributed by atoms with Crippen LogP contribution in [-0.2, 0) is 4.79 Å². The zero-order chi connectivity index (χ0) is 18.5. The standard InChI is InChI=1S/C20H16Cl2N2O2/c1-13(26-17-10-9-14-5-2-3-6-15(14)11-17)20(25)24-23-12-16-7-4-8-18(21)19(16)22/h2-13H,1H3,(H,24,25)/b23-12-/t13-/m0/s1. The van der Waals surface area contributed by atoms with Crippen molar-refractivity contribution in [3.63, 3.8) is 0 Å². The van der Waals surface area contributed by atoms with Gasteiger partial charge in [0.2, 0.25) is 0 Å². The Kier molecular flexibility index (Phi) is 5.76. The third kappa shape index (κ3) is 4.34. The summed E-state index contributed by atoms with van der Waals surface area (Å²) in [6, 6.07) is 18.8. The minimum absolute atomic E-state index is 0.368. The molecule has 132 valence electrons. The summed E-state index contributed by atoms with van der Waals surface area (Å²) in [5.74, 6) is 0.251. The maximum Gasteiger partial charge on any atom is 0.280 e. The number of amides is 1. The van der Waals surface area contributed by atoms with Crippen LogP contribution in [0.4, 0.5) is 0 Å². The van der Waals surface area contributed by atoms with E-state index in [0.717, 1.165) is 10.8 Å². The predicted octanol–water partition coefficient (Wildman–Crippen LogP) is 5.06. The minimum Gasteiger partial charge on any atom is -0.481 e. The lowest BCUT2D eigenvalue weighted by Gasteiger charge is -2.13. The van der Waals surface area contributed by atoms with Gasteiger partial charge in [0.1, 0.15) is 5.75 Å². The summed E-state index contributed by atoms with van der Waals surface area (Å²) in [6.07, 6.45) is 0.734. The van der Waals surface area contributed by atoms with Gasteiger partial charge in [-0.15, -0.1) is 0 Å². The highest BCUT2D eigenvalue weighted by Gasteiger charge is 2.14. The summed E-state index contributed by atoms with van der Waals surface area (Å²) < 4.78 is 5.70. The topological polar surface area (TPSA) is 50.7 Å². The van der Waals surface area contributed by atoms with Crippen molar-refractivity contribution in [1.29, 1.82) is 0 Å². The Balaban J connectivity index is 1.62. The second-order valence-corrected chi connectivity index (χ2v) is 6.43. The van der Waals surface area contributed by atoms with Crippen molar-refractivity contribution in [3.05, 3.63) is 76.3 Å². The average molecular weight is 387 g/mol. The molecule has 0 aliphatic heterocycles. The van der Waals surface area contributed by atoms with E-state index in [1.54, 1.807) is 25.1 Å². The molecule has 3 aromatic rings. The average Bonchev–Trinajstić information content (AvgIpc) is 2.65. The summed E-state index contributed by atoms with van der Waals surface area (Å²) in [7, 11) is 0. The van der Waals surface area contributed by atoms with Gasteiger partial charge in [-0.3, -0.25) is 4.79 Å². The lowest BCUT2D eigenvalue weighted by atomic mass is 10.1. The van der Waals surface area contributed by atoms with Crippen LogP contribution in [0.5, 0.6) is 5.75 Å². The second kappa shape index (κ2) is 8.21. The Morgan fingerprint density at radius 2 is 1.85 bits per heavy atom. The van der Waals surface area contributed by atoms with E-state index in [1.165, 1.54) is 6.21 Å². The van der Waals surface area contributed by atoms with E-state index in [2.05, 4.69) is 10.5 Å². The number of hydrogen-bond donors (Lipinski definition) is 1. The molecule has 0 spiro atoms. The van der Waals surface area contributed by atoms with Gasteiger partial charge < -0.3 is 4.74 Å². The largest absolute Gasteiger partial charge is 0.481 e. The van der Waals surface area contributed by atoms with Crippen molar-refractivity contribution in [2.45, 2.75) is 13.0 Å². The molecule has 0 unspecified atom stereocenters. The zero-order valence-corrected chi connectivity index (χ0v) is 15.5. The van der Waals surface area contributed by atoms with Gasteiger partial charge in [-0.1, -0.05) is 65.7 Å². The molecule has 1 N–H and O–H groups in total. The van der Waals surface area contributed by atoms with Gasteiger partial charge in [0.15, 0.2) is 6.10 Å². The summed E-state index contributed by atoms with van der Waals surface area (Å²) in [6.45, 7) is 1.66. The predicted molar refractivity (Wildman–Crippen MR) is 106 cm³/mol. The molecule has 3 rings (SSSR count). The highest BCUT2D eigenvalue weighted by Crippen LogP contribution is 2.24. The summed E-state index contributed by atoms with van der Waals surface area (Å²) in [4.78, 5) is 12.1. The maximum absolute atomic E-state index is 12.1. The fraction of sp³-hybridized carbons (Fsp3) is 0.100. The molecule has 0 aliphatic carbocycles. The number of fused-ring (bicyclic) bond motifs is 1. The fourth-order valence-corrected chi connectivity index (χ4v) is 2.73. The van der Waals surface area contributed by atoms with Crippen LogP contribution in [0.15, 0.2) is 65.8 Å². The first kappa shape index (κ1) is 18.2. The van der Waals surface area contributed by atoms with Gasteiger partial charge in [0.25, 0.3) is 5.91 Å². The molecule has 0 aromatic heterocycles. The number of carbonyl (C=O) groups is 1. The first-order valence-electron chi connectivity index (χ1n) is 7.97. The lowest BCUT2D eigenvalue weighted by Crippen LogP contribution is -2.33. The van der Waals surface area contributed by atoms with Gasteiger partial charge in [0.05, 0.1) is 16.3 Å². The zero-order valence-electron chi connectivity index (χ0n) is 13.9. The van der Waals surface area contributed by atoms with Crippen molar-refractivity contribution in [3.8, 4) is 5.75 Å². The molecule has 1 atom stereocenters. The third-order valence-electron chi connectivity index (χ3n) is 3.76. The van der Waals surface area contributed by atoms with Crippen LogP contribution < -0.4 is 10.2 Å². The first-order valence-corrected chi connectivity index (χ1v) is 8.72. The Labute approximate surface area is 161 Å². The van der Waals surface area contributed by atoms with Crippen molar-refractivity contribution in [1.82, 2.24) is 5.43 Å². The molecule has 0 saturated carbocycles. The van der Waals surface area contributed by atoms with Gasteiger partial charge in [-0.05, 0) is 35.9 Å². The Morgan fingerprint density at radius 1 is 1.08 bits per heavy atom.